The normalized spacial score (nSPS) is 20.3. The van der Waals surface area contributed by atoms with Crippen LogP contribution in [0.5, 0.6) is 0 Å². The van der Waals surface area contributed by atoms with Crippen LogP contribution in [0.1, 0.15) is 31.4 Å². The summed E-state index contributed by atoms with van der Waals surface area (Å²) in [6, 6.07) is 8.11. The van der Waals surface area contributed by atoms with Crippen molar-refractivity contribution in [3.63, 3.8) is 0 Å². The Kier molecular flexibility index (Phi) is 5.20. The van der Waals surface area contributed by atoms with E-state index in [0.29, 0.717) is 6.04 Å². The minimum atomic E-state index is -0.0659. The SMILES string of the molecule is CC(N)c1ccc(NC(=O)N(C)CC2CCCN2C)cc1. The number of likely N-dealkylation sites (tertiary alicyclic amines) is 1. The van der Waals surface area contributed by atoms with Crippen molar-refractivity contribution in [3.8, 4) is 0 Å². The van der Waals surface area contributed by atoms with Gasteiger partial charge in [-0.25, -0.2) is 4.79 Å². The summed E-state index contributed by atoms with van der Waals surface area (Å²) in [6.07, 6.45) is 2.38. The van der Waals surface area contributed by atoms with Crippen LogP contribution in [0.4, 0.5) is 10.5 Å². The molecule has 0 saturated carbocycles. The molecule has 1 heterocycles. The molecule has 21 heavy (non-hydrogen) atoms. The van der Waals surface area contributed by atoms with Gasteiger partial charge in [-0.15, -0.1) is 0 Å². The van der Waals surface area contributed by atoms with Crippen molar-refractivity contribution in [2.75, 3.05) is 32.5 Å². The summed E-state index contributed by atoms with van der Waals surface area (Å²) >= 11 is 0. The number of anilines is 1. The second-order valence-corrected chi connectivity index (χ2v) is 6.00. The highest BCUT2D eigenvalue weighted by molar-refractivity contribution is 5.89. The number of urea groups is 1. The molecule has 1 aromatic carbocycles. The van der Waals surface area contributed by atoms with Crippen molar-refractivity contribution >= 4 is 11.7 Å². The van der Waals surface area contributed by atoms with Crippen LogP contribution in [0.3, 0.4) is 0 Å². The first-order valence-electron chi connectivity index (χ1n) is 7.55. The van der Waals surface area contributed by atoms with Crippen LogP contribution in [-0.2, 0) is 0 Å². The van der Waals surface area contributed by atoms with Crippen LogP contribution in [-0.4, -0.2) is 49.1 Å². The zero-order valence-electron chi connectivity index (χ0n) is 13.2. The van der Waals surface area contributed by atoms with Gasteiger partial charge < -0.3 is 20.9 Å². The van der Waals surface area contributed by atoms with Crippen molar-refractivity contribution in [2.24, 2.45) is 5.73 Å². The van der Waals surface area contributed by atoms with Gasteiger partial charge in [-0.2, -0.15) is 0 Å². The minimum Gasteiger partial charge on any atom is -0.326 e. The Labute approximate surface area is 127 Å². The Bertz CT molecular complexity index is 472. The number of nitrogens with zero attached hydrogens (tertiary/aromatic N) is 2. The van der Waals surface area contributed by atoms with Crippen molar-refractivity contribution in [1.29, 1.82) is 0 Å². The standard InChI is InChI=1S/C16H26N4O/c1-12(17)13-6-8-14(9-7-13)18-16(21)20(3)11-15-5-4-10-19(15)2/h6-9,12,15H,4-5,10-11,17H2,1-3H3,(H,18,21). The van der Waals surface area contributed by atoms with E-state index in [9.17, 15) is 4.79 Å². The summed E-state index contributed by atoms with van der Waals surface area (Å²) in [5.41, 5.74) is 7.68. The van der Waals surface area contributed by atoms with Gasteiger partial charge in [-0.1, -0.05) is 12.1 Å². The number of hydrogen-bond donors (Lipinski definition) is 2. The third-order valence-corrected chi connectivity index (χ3v) is 4.19. The number of nitrogens with one attached hydrogen (secondary N) is 1. The summed E-state index contributed by atoms with van der Waals surface area (Å²) in [7, 11) is 3.97. The number of amides is 2. The van der Waals surface area contributed by atoms with E-state index in [1.165, 1.54) is 6.42 Å². The highest BCUT2D eigenvalue weighted by Gasteiger charge is 2.23. The van der Waals surface area contributed by atoms with E-state index in [2.05, 4.69) is 17.3 Å². The van der Waals surface area contributed by atoms with E-state index in [1.807, 2.05) is 38.2 Å². The van der Waals surface area contributed by atoms with E-state index in [1.54, 1.807) is 4.90 Å². The Morgan fingerprint density at radius 1 is 1.48 bits per heavy atom. The van der Waals surface area contributed by atoms with Crippen LogP contribution in [0.15, 0.2) is 24.3 Å². The zero-order chi connectivity index (χ0) is 15.4. The van der Waals surface area contributed by atoms with Crippen molar-refractivity contribution < 1.29 is 4.79 Å². The van der Waals surface area contributed by atoms with Gasteiger partial charge in [0, 0.05) is 31.4 Å². The number of benzene rings is 1. The maximum atomic E-state index is 12.2. The molecule has 2 atom stereocenters. The number of carbonyl (C=O) groups is 1. The first-order chi connectivity index (χ1) is 9.97. The zero-order valence-corrected chi connectivity index (χ0v) is 13.2. The molecule has 1 saturated heterocycles. The van der Waals surface area contributed by atoms with Crippen LogP contribution in [0.2, 0.25) is 0 Å². The lowest BCUT2D eigenvalue weighted by molar-refractivity contribution is 0.201. The van der Waals surface area contributed by atoms with Gasteiger partial charge in [0.15, 0.2) is 0 Å². The van der Waals surface area contributed by atoms with Gasteiger partial charge in [0.1, 0.15) is 0 Å². The topological polar surface area (TPSA) is 61.6 Å². The van der Waals surface area contributed by atoms with E-state index in [-0.39, 0.29) is 12.1 Å². The quantitative estimate of drug-likeness (QED) is 0.894. The van der Waals surface area contributed by atoms with E-state index in [4.69, 9.17) is 5.73 Å². The molecule has 1 aliphatic heterocycles. The molecule has 1 aliphatic rings. The predicted molar refractivity (Wildman–Crippen MR) is 86.3 cm³/mol. The molecule has 5 heteroatoms. The van der Waals surface area contributed by atoms with Gasteiger partial charge in [-0.3, -0.25) is 0 Å². The third-order valence-electron chi connectivity index (χ3n) is 4.19. The highest BCUT2D eigenvalue weighted by atomic mass is 16.2. The Morgan fingerprint density at radius 2 is 2.14 bits per heavy atom. The molecular formula is C16H26N4O. The molecule has 116 valence electrons. The summed E-state index contributed by atoms with van der Waals surface area (Å²) in [5.74, 6) is 0. The molecule has 0 aliphatic carbocycles. The van der Waals surface area contributed by atoms with Gasteiger partial charge in [-0.05, 0) is 51.1 Å². The largest absolute Gasteiger partial charge is 0.326 e. The van der Waals surface area contributed by atoms with Crippen molar-refractivity contribution in [1.82, 2.24) is 9.80 Å². The molecule has 0 spiro atoms. The molecule has 0 bridgehead atoms. The summed E-state index contributed by atoms with van der Waals surface area (Å²) in [4.78, 5) is 16.3. The fraction of sp³-hybridized carbons (Fsp3) is 0.562. The fourth-order valence-corrected chi connectivity index (χ4v) is 2.70. The lowest BCUT2D eigenvalue weighted by Crippen LogP contribution is -2.41. The van der Waals surface area contributed by atoms with Gasteiger partial charge in [0.05, 0.1) is 0 Å². The number of hydrogen-bond acceptors (Lipinski definition) is 3. The summed E-state index contributed by atoms with van der Waals surface area (Å²) < 4.78 is 0. The second-order valence-electron chi connectivity index (χ2n) is 6.00. The Morgan fingerprint density at radius 3 is 2.67 bits per heavy atom. The smallest absolute Gasteiger partial charge is 0.321 e. The lowest BCUT2D eigenvalue weighted by atomic mass is 10.1. The second kappa shape index (κ2) is 6.91. The maximum absolute atomic E-state index is 12.2. The Hall–Kier alpha value is -1.59. The monoisotopic (exact) mass is 290 g/mol. The van der Waals surface area contributed by atoms with Gasteiger partial charge >= 0.3 is 6.03 Å². The molecule has 2 rings (SSSR count). The molecular weight excluding hydrogens is 264 g/mol. The van der Waals surface area contributed by atoms with Crippen LogP contribution in [0, 0.1) is 0 Å². The summed E-state index contributed by atoms with van der Waals surface area (Å²) in [6.45, 7) is 3.83. The number of nitrogens with two attached hydrogens (primary N) is 1. The minimum absolute atomic E-state index is 0.00956. The average Bonchev–Trinajstić information content (AvgIpc) is 2.84. The molecule has 3 N–H and O–H groups in total. The van der Waals surface area contributed by atoms with E-state index < -0.39 is 0 Å². The molecule has 5 nitrogen and oxygen atoms in total. The number of rotatable bonds is 4. The van der Waals surface area contributed by atoms with E-state index >= 15 is 0 Å². The van der Waals surface area contributed by atoms with Crippen molar-refractivity contribution in [3.05, 3.63) is 29.8 Å². The predicted octanol–water partition coefficient (Wildman–Crippen LogP) is 2.26. The molecule has 0 aromatic heterocycles. The first-order valence-corrected chi connectivity index (χ1v) is 7.55. The van der Waals surface area contributed by atoms with Crippen molar-refractivity contribution in [2.45, 2.75) is 31.8 Å². The first kappa shape index (κ1) is 15.8. The van der Waals surface area contributed by atoms with Crippen LogP contribution >= 0.6 is 0 Å². The average molecular weight is 290 g/mol. The molecule has 2 unspecified atom stereocenters. The summed E-state index contributed by atoms with van der Waals surface area (Å²) in [5, 5.41) is 2.92. The molecule has 0 radical (unpaired) electrons. The Balaban J connectivity index is 1.88. The third kappa shape index (κ3) is 4.19. The molecule has 1 fully saturated rings. The lowest BCUT2D eigenvalue weighted by Gasteiger charge is -2.26. The van der Waals surface area contributed by atoms with Crippen LogP contribution < -0.4 is 11.1 Å². The van der Waals surface area contributed by atoms with E-state index in [0.717, 1.165) is 30.8 Å². The number of likely N-dealkylation sites (N-methyl/N-ethyl adjacent to an activating group) is 2. The van der Waals surface area contributed by atoms with Crippen LogP contribution in [0.25, 0.3) is 0 Å². The highest BCUT2D eigenvalue weighted by Crippen LogP contribution is 2.17. The van der Waals surface area contributed by atoms with Gasteiger partial charge in [0.2, 0.25) is 0 Å². The molecule has 2 amide bonds. The number of carbonyl (C=O) groups excluding carboxylic acids is 1. The molecule has 1 aromatic rings. The fourth-order valence-electron chi connectivity index (χ4n) is 2.70. The van der Waals surface area contributed by atoms with Gasteiger partial charge in [0.25, 0.3) is 0 Å². The maximum Gasteiger partial charge on any atom is 0.321 e.